The summed E-state index contributed by atoms with van der Waals surface area (Å²) in [6.07, 6.45) is 3.81. The molecule has 2 aromatic rings. The quantitative estimate of drug-likeness (QED) is 0.707. The molecule has 0 aliphatic heterocycles. The summed E-state index contributed by atoms with van der Waals surface area (Å²) >= 11 is 3.34. The molecule has 0 spiro atoms. The fourth-order valence-corrected chi connectivity index (χ4v) is 4.70. The third-order valence-corrected chi connectivity index (χ3v) is 6.42. The average Bonchev–Trinajstić information content (AvgIpc) is 2.65. The van der Waals surface area contributed by atoms with Crippen LogP contribution in [-0.4, -0.2) is 34.2 Å². The van der Waals surface area contributed by atoms with Crippen molar-refractivity contribution in [3.05, 3.63) is 58.1 Å². The van der Waals surface area contributed by atoms with E-state index in [9.17, 15) is 13.2 Å². The number of halogens is 1. The molecular formula is C20H23BrN2O4S. The van der Waals surface area contributed by atoms with E-state index in [0.717, 1.165) is 51.2 Å². The highest BCUT2D eigenvalue weighted by atomic mass is 79.9. The van der Waals surface area contributed by atoms with Crippen LogP contribution in [0, 0.1) is 0 Å². The molecule has 6 nitrogen and oxygen atoms in total. The van der Waals surface area contributed by atoms with Gasteiger partial charge in [-0.3, -0.25) is 9.10 Å². The Kier molecular flexibility index (Phi) is 6.30. The maximum Gasteiger partial charge on any atom is 0.241 e. The third-order valence-electron chi connectivity index (χ3n) is 4.78. The second kappa shape index (κ2) is 8.53. The summed E-state index contributed by atoms with van der Waals surface area (Å²) in [5.41, 5.74) is 2.66. The molecule has 0 radical (unpaired) electrons. The molecule has 28 heavy (non-hydrogen) atoms. The van der Waals surface area contributed by atoms with Crippen molar-refractivity contribution >= 4 is 37.5 Å². The van der Waals surface area contributed by atoms with E-state index >= 15 is 0 Å². The van der Waals surface area contributed by atoms with E-state index in [0.29, 0.717) is 5.69 Å². The van der Waals surface area contributed by atoms with Crippen molar-refractivity contribution < 1.29 is 17.9 Å². The highest BCUT2D eigenvalue weighted by Crippen LogP contribution is 2.32. The molecule has 1 N–H and O–H groups in total. The van der Waals surface area contributed by atoms with E-state index in [2.05, 4.69) is 21.2 Å². The number of amides is 1. The monoisotopic (exact) mass is 466 g/mol. The lowest BCUT2D eigenvalue weighted by molar-refractivity contribution is -0.120. The van der Waals surface area contributed by atoms with Gasteiger partial charge in [0.05, 0.1) is 25.1 Å². The van der Waals surface area contributed by atoms with Crippen LogP contribution >= 0.6 is 15.9 Å². The Morgan fingerprint density at radius 2 is 2.07 bits per heavy atom. The van der Waals surface area contributed by atoms with E-state index in [1.807, 2.05) is 18.2 Å². The zero-order valence-corrected chi connectivity index (χ0v) is 18.2. The summed E-state index contributed by atoms with van der Waals surface area (Å²) in [5, 5.41) is 3.00. The highest BCUT2D eigenvalue weighted by molar-refractivity contribution is 9.10. The van der Waals surface area contributed by atoms with E-state index in [1.54, 1.807) is 31.4 Å². The Bertz CT molecular complexity index is 978. The smallest absolute Gasteiger partial charge is 0.241 e. The summed E-state index contributed by atoms with van der Waals surface area (Å²) in [5.74, 6) is 0.461. The van der Waals surface area contributed by atoms with Crippen LogP contribution in [0.25, 0.3) is 0 Å². The zero-order chi connectivity index (χ0) is 20.3. The number of carbonyl (C=O) groups excluding carboxylic acids is 1. The van der Waals surface area contributed by atoms with Crippen molar-refractivity contribution in [1.29, 1.82) is 0 Å². The molecule has 1 aliphatic carbocycles. The molecule has 2 aromatic carbocycles. The van der Waals surface area contributed by atoms with Gasteiger partial charge in [-0.05, 0) is 60.7 Å². The SMILES string of the molecule is COc1ccc2c(c1)CCCC2NC(=O)CN(c1cccc(Br)c1)S(C)(=O)=O. The third kappa shape index (κ3) is 4.86. The maximum absolute atomic E-state index is 12.7. The van der Waals surface area contributed by atoms with Crippen LogP contribution in [0.4, 0.5) is 5.69 Å². The predicted octanol–water partition coefficient (Wildman–Crippen LogP) is 3.42. The van der Waals surface area contributed by atoms with E-state index in [-0.39, 0.29) is 18.5 Å². The molecule has 1 atom stereocenters. The Morgan fingerprint density at radius 1 is 1.29 bits per heavy atom. The maximum atomic E-state index is 12.7. The topological polar surface area (TPSA) is 75.7 Å². The van der Waals surface area contributed by atoms with Gasteiger partial charge in [-0.1, -0.05) is 28.1 Å². The molecule has 1 aliphatic rings. The number of methoxy groups -OCH3 is 1. The highest BCUT2D eigenvalue weighted by Gasteiger charge is 2.25. The Morgan fingerprint density at radius 3 is 2.75 bits per heavy atom. The van der Waals surface area contributed by atoms with Gasteiger partial charge in [-0.25, -0.2) is 8.42 Å². The average molecular weight is 467 g/mol. The van der Waals surface area contributed by atoms with Crippen LogP contribution in [-0.2, 0) is 21.2 Å². The van der Waals surface area contributed by atoms with Gasteiger partial charge in [0.1, 0.15) is 12.3 Å². The molecule has 3 rings (SSSR count). The first-order valence-corrected chi connectivity index (χ1v) is 11.6. The number of anilines is 1. The van der Waals surface area contributed by atoms with Crippen LogP contribution in [0.1, 0.15) is 30.0 Å². The number of hydrogen-bond acceptors (Lipinski definition) is 4. The number of nitrogens with zero attached hydrogens (tertiary/aromatic N) is 1. The van der Waals surface area contributed by atoms with Crippen molar-refractivity contribution in [3.63, 3.8) is 0 Å². The minimum atomic E-state index is -3.60. The van der Waals surface area contributed by atoms with Gasteiger partial charge in [-0.2, -0.15) is 0 Å². The first kappa shape index (κ1) is 20.7. The van der Waals surface area contributed by atoms with Crippen molar-refractivity contribution in [2.75, 3.05) is 24.2 Å². The van der Waals surface area contributed by atoms with E-state index in [4.69, 9.17) is 4.74 Å². The molecule has 8 heteroatoms. The first-order valence-electron chi connectivity index (χ1n) is 8.97. The van der Waals surface area contributed by atoms with Gasteiger partial charge in [-0.15, -0.1) is 0 Å². The lowest BCUT2D eigenvalue weighted by Crippen LogP contribution is -2.42. The van der Waals surface area contributed by atoms with Crippen LogP contribution in [0.5, 0.6) is 5.75 Å². The molecule has 0 bridgehead atoms. The van der Waals surface area contributed by atoms with Crippen molar-refractivity contribution in [3.8, 4) is 5.75 Å². The molecule has 0 aromatic heterocycles. The lowest BCUT2D eigenvalue weighted by Gasteiger charge is -2.28. The summed E-state index contributed by atoms with van der Waals surface area (Å²) in [4.78, 5) is 12.7. The van der Waals surface area contributed by atoms with Gasteiger partial charge in [0.15, 0.2) is 0 Å². The molecule has 150 valence electrons. The number of aryl methyl sites for hydroxylation is 1. The second-order valence-electron chi connectivity index (χ2n) is 6.83. The number of benzene rings is 2. The Labute approximate surface area is 174 Å². The molecular weight excluding hydrogens is 444 g/mol. The molecule has 1 unspecified atom stereocenters. The van der Waals surface area contributed by atoms with Crippen molar-refractivity contribution in [2.45, 2.75) is 25.3 Å². The van der Waals surface area contributed by atoms with Gasteiger partial charge in [0, 0.05) is 4.47 Å². The summed E-state index contributed by atoms with van der Waals surface area (Å²) in [6.45, 7) is -0.267. The largest absolute Gasteiger partial charge is 0.497 e. The lowest BCUT2D eigenvalue weighted by atomic mass is 9.87. The van der Waals surface area contributed by atoms with Crippen molar-refractivity contribution in [2.24, 2.45) is 0 Å². The second-order valence-corrected chi connectivity index (χ2v) is 9.65. The molecule has 0 saturated heterocycles. The number of hydrogen-bond donors (Lipinski definition) is 1. The number of fused-ring (bicyclic) bond motifs is 1. The minimum absolute atomic E-state index is 0.133. The normalized spacial score (nSPS) is 16.2. The molecule has 0 heterocycles. The van der Waals surface area contributed by atoms with Crippen molar-refractivity contribution in [1.82, 2.24) is 5.32 Å². The fourth-order valence-electron chi connectivity index (χ4n) is 3.47. The number of rotatable bonds is 6. The van der Waals surface area contributed by atoms with Crippen LogP contribution < -0.4 is 14.4 Å². The molecule has 1 amide bonds. The molecule has 0 saturated carbocycles. The Hall–Kier alpha value is -2.06. The standard InChI is InChI=1S/C20H23BrN2O4S/c1-27-17-9-10-18-14(11-17)5-3-8-19(18)22-20(24)13-23(28(2,25)26)16-7-4-6-15(21)12-16/h4,6-7,9-12,19H,3,5,8,13H2,1-2H3,(H,22,24). The van der Waals surface area contributed by atoms with Gasteiger partial charge in [0.2, 0.25) is 15.9 Å². The Balaban J connectivity index is 1.78. The molecule has 0 fully saturated rings. The first-order chi connectivity index (χ1) is 13.3. The predicted molar refractivity (Wildman–Crippen MR) is 113 cm³/mol. The number of nitrogens with one attached hydrogen (secondary N) is 1. The summed E-state index contributed by atoms with van der Waals surface area (Å²) in [7, 11) is -1.97. The van der Waals surface area contributed by atoms with Crippen LogP contribution in [0.3, 0.4) is 0 Å². The van der Waals surface area contributed by atoms with E-state index < -0.39 is 10.0 Å². The summed E-state index contributed by atoms with van der Waals surface area (Å²) in [6, 6.07) is 12.6. The number of sulfonamides is 1. The number of ether oxygens (including phenoxy) is 1. The number of carbonyl (C=O) groups is 1. The van der Waals surface area contributed by atoms with Gasteiger partial charge in [0.25, 0.3) is 0 Å². The van der Waals surface area contributed by atoms with Crippen LogP contribution in [0.2, 0.25) is 0 Å². The fraction of sp³-hybridized carbons (Fsp3) is 0.350. The minimum Gasteiger partial charge on any atom is -0.497 e. The van der Waals surface area contributed by atoms with Gasteiger partial charge < -0.3 is 10.1 Å². The van der Waals surface area contributed by atoms with Gasteiger partial charge >= 0.3 is 0 Å². The zero-order valence-electron chi connectivity index (χ0n) is 15.8. The van der Waals surface area contributed by atoms with E-state index in [1.165, 1.54) is 0 Å². The van der Waals surface area contributed by atoms with Crippen LogP contribution in [0.15, 0.2) is 46.9 Å². The summed E-state index contributed by atoms with van der Waals surface area (Å²) < 4.78 is 31.7.